The average Bonchev–Trinajstić information content (AvgIpc) is 2.23. The van der Waals surface area contributed by atoms with E-state index in [4.69, 9.17) is 5.73 Å². The number of amides is 1. The van der Waals surface area contributed by atoms with Gasteiger partial charge in [0, 0.05) is 0 Å². The highest BCUT2D eigenvalue weighted by Gasteiger charge is 2.49. The second-order valence-electron chi connectivity index (χ2n) is 3.30. The first kappa shape index (κ1) is 13.2. The minimum absolute atomic E-state index is 0.262. The summed E-state index contributed by atoms with van der Waals surface area (Å²) in [5, 5.41) is 1.60. The Morgan fingerprint density at radius 3 is 2.59 bits per heavy atom. The molecule has 0 bridgehead atoms. The Balaban J connectivity index is 2.85. The molecule has 17 heavy (non-hydrogen) atoms. The van der Waals surface area contributed by atoms with E-state index >= 15 is 0 Å². The van der Waals surface area contributed by atoms with E-state index in [9.17, 15) is 22.4 Å². The number of nitrogens with two attached hydrogens (primary N) is 1. The molecule has 1 rings (SSSR count). The lowest BCUT2D eigenvalue weighted by Gasteiger charge is -2.14. The van der Waals surface area contributed by atoms with Gasteiger partial charge in [-0.3, -0.25) is 4.79 Å². The van der Waals surface area contributed by atoms with Crippen LogP contribution in [0.15, 0.2) is 12.3 Å². The monoisotopic (exact) mass is 251 g/mol. The Hall–Kier alpha value is -1.86. The number of carbonyl (C=O) groups is 1. The van der Waals surface area contributed by atoms with Crippen LogP contribution in [0.1, 0.15) is 5.56 Å². The number of halogens is 4. The van der Waals surface area contributed by atoms with Gasteiger partial charge >= 0.3 is 18.3 Å². The molecule has 3 N–H and O–H groups in total. The van der Waals surface area contributed by atoms with E-state index in [-0.39, 0.29) is 5.82 Å². The van der Waals surface area contributed by atoms with E-state index < -0.39 is 18.3 Å². The Morgan fingerprint density at radius 1 is 1.53 bits per heavy atom. The van der Waals surface area contributed by atoms with Crippen LogP contribution in [0.2, 0.25) is 0 Å². The first-order valence-corrected chi connectivity index (χ1v) is 4.44. The lowest BCUT2D eigenvalue weighted by molar-refractivity contribution is -0.163. The van der Waals surface area contributed by atoms with Crippen LogP contribution in [-0.4, -0.2) is 23.2 Å². The zero-order valence-electron chi connectivity index (χ0n) is 8.68. The number of aromatic nitrogens is 1. The number of anilines is 2. The van der Waals surface area contributed by atoms with E-state index in [0.717, 1.165) is 6.20 Å². The molecule has 0 saturated heterocycles. The van der Waals surface area contributed by atoms with Gasteiger partial charge in [-0.15, -0.1) is 0 Å². The standard InChI is InChI=1S/C9H9F4N3O/c1-4-2-6(15-3-5(4)14)16-8(17)9(12,13)7(10)11/h2-3,7H,14H2,1H3,(H,15,16,17). The van der Waals surface area contributed by atoms with Crippen LogP contribution in [0.25, 0.3) is 0 Å². The average molecular weight is 251 g/mol. The summed E-state index contributed by atoms with van der Waals surface area (Å²) in [6, 6.07) is 1.20. The minimum Gasteiger partial charge on any atom is -0.397 e. The van der Waals surface area contributed by atoms with E-state index in [1.54, 1.807) is 12.2 Å². The second kappa shape index (κ2) is 4.56. The topological polar surface area (TPSA) is 68.0 Å². The van der Waals surface area contributed by atoms with Crippen molar-refractivity contribution >= 4 is 17.4 Å². The van der Waals surface area contributed by atoms with Crippen molar-refractivity contribution in [3.8, 4) is 0 Å². The lowest BCUT2D eigenvalue weighted by Crippen LogP contribution is -2.41. The van der Waals surface area contributed by atoms with Crippen LogP contribution in [0.3, 0.4) is 0 Å². The molecule has 0 radical (unpaired) electrons. The molecular weight excluding hydrogens is 242 g/mol. The van der Waals surface area contributed by atoms with Gasteiger partial charge in [-0.25, -0.2) is 13.8 Å². The summed E-state index contributed by atoms with van der Waals surface area (Å²) < 4.78 is 48.9. The zero-order valence-corrected chi connectivity index (χ0v) is 8.68. The highest BCUT2D eigenvalue weighted by atomic mass is 19.3. The third kappa shape index (κ3) is 2.83. The molecule has 0 aliphatic rings. The highest BCUT2D eigenvalue weighted by molar-refractivity contribution is 5.95. The fourth-order valence-corrected chi connectivity index (χ4v) is 0.934. The molecule has 0 aliphatic heterocycles. The number of carbonyl (C=O) groups excluding carboxylic acids is 1. The number of nitrogen functional groups attached to an aromatic ring is 1. The van der Waals surface area contributed by atoms with Crippen molar-refractivity contribution in [2.24, 2.45) is 0 Å². The SMILES string of the molecule is Cc1cc(NC(=O)C(F)(F)C(F)F)ncc1N. The van der Waals surface area contributed by atoms with Gasteiger partial charge in [-0.1, -0.05) is 0 Å². The van der Waals surface area contributed by atoms with Crippen LogP contribution >= 0.6 is 0 Å². The lowest BCUT2D eigenvalue weighted by atomic mass is 10.2. The summed E-state index contributed by atoms with van der Waals surface area (Å²) in [6.07, 6.45) is -2.94. The largest absolute Gasteiger partial charge is 0.397 e. The maximum atomic E-state index is 12.6. The smallest absolute Gasteiger partial charge is 0.383 e. The van der Waals surface area contributed by atoms with Gasteiger partial charge in [0.1, 0.15) is 5.82 Å². The van der Waals surface area contributed by atoms with E-state index in [1.165, 1.54) is 6.07 Å². The molecule has 1 aromatic heterocycles. The van der Waals surface area contributed by atoms with Gasteiger partial charge in [0.25, 0.3) is 0 Å². The van der Waals surface area contributed by atoms with Crippen LogP contribution in [0, 0.1) is 6.92 Å². The molecule has 0 unspecified atom stereocenters. The summed E-state index contributed by atoms with van der Waals surface area (Å²) in [4.78, 5) is 14.4. The molecule has 1 aromatic rings. The Bertz CT molecular complexity index is 436. The molecule has 0 aromatic carbocycles. The molecule has 0 fully saturated rings. The molecule has 94 valence electrons. The predicted octanol–water partition coefficient (Wildman–Crippen LogP) is 1.81. The molecule has 0 saturated carbocycles. The predicted molar refractivity (Wildman–Crippen MR) is 53.0 cm³/mol. The molecular formula is C9H9F4N3O. The van der Waals surface area contributed by atoms with Gasteiger partial charge in [0.05, 0.1) is 11.9 Å². The van der Waals surface area contributed by atoms with Crippen LogP contribution in [0.5, 0.6) is 0 Å². The summed E-state index contributed by atoms with van der Waals surface area (Å²) in [5.74, 6) is -7.12. The van der Waals surface area contributed by atoms with Gasteiger partial charge in [-0.05, 0) is 18.6 Å². The summed E-state index contributed by atoms with van der Waals surface area (Å²) in [7, 11) is 0. The maximum absolute atomic E-state index is 12.6. The number of aryl methyl sites for hydroxylation is 1. The Morgan fingerprint density at radius 2 is 2.12 bits per heavy atom. The minimum atomic E-state index is -4.75. The normalized spacial score (nSPS) is 11.6. The summed E-state index contributed by atoms with van der Waals surface area (Å²) in [5.41, 5.74) is 6.19. The molecule has 0 atom stereocenters. The van der Waals surface area contributed by atoms with Crippen LogP contribution < -0.4 is 11.1 Å². The number of alkyl halides is 4. The molecule has 1 heterocycles. The van der Waals surface area contributed by atoms with Gasteiger partial charge < -0.3 is 11.1 Å². The van der Waals surface area contributed by atoms with E-state index in [0.29, 0.717) is 11.3 Å². The number of nitrogens with zero attached hydrogens (tertiary/aromatic N) is 1. The van der Waals surface area contributed by atoms with E-state index in [2.05, 4.69) is 4.98 Å². The fourth-order valence-electron chi connectivity index (χ4n) is 0.934. The van der Waals surface area contributed by atoms with Crippen molar-refractivity contribution in [2.75, 3.05) is 11.1 Å². The molecule has 0 spiro atoms. The summed E-state index contributed by atoms with van der Waals surface area (Å²) >= 11 is 0. The number of hydrogen-bond donors (Lipinski definition) is 2. The number of hydrogen-bond acceptors (Lipinski definition) is 3. The number of rotatable bonds is 3. The maximum Gasteiger partial charge on any atom is 0.383 e. The summed E-state index contributed by atoms with van der Waals surface area (Å²) in [6.45, 7) is 1.55. The van der Waals surface area contributed by atoms with E-state index in [1.807, 2.05) is 0 Å². The van der Waals surface area contributed by atoms with Gasteiger partial charge in [-0.2, -0.15) is 8.78 Å². The number of nitrogens with one attached hydrogen (secondary N) is 1. The van der Waals surface area contributed by atoms with Crippen LogP contribution in [0.4, 0.5) is 29.1 Å². The van der Waals surface area contributed by atoms with Crippen molar-refractivity contribution < 1.29 is 22.4 Å². The number of pyridine rings is 1. The van der Waals surface area contributed by atoms with Crippen molar-refractivity contribution in [2.45, 2.75) is 19.3 Å². The van der Waals surface area contributed by atoms with Crippen molar-refractivity contribution in [3.05, 3.63) is 17.8 Å². The quantitative estimate of drug-likeness (QED) is 0.805. The first-order chi connectivity index (χ1) is 7.75. The zero-order chi connectivity index (χ0) is 13.2. The molecule has 0 aliphatic carbocycles. The third-order valence-electron chi connectivity index (χ3n) is 1.97. The second-order valence-corrected chi connectivity index (χ2v) is 3.30. The van der Waals surface area contributed by atoms with Crippen molar-refractivity contribution in [3.63, 3.8) is 0 Å². The Kier molecular flexibility index (Phi) is 3.54. The first-order valence-electron chi connectivity index (χ1n) is 4.44. The van der Waals surface area contributed by atoms with Gasteiger partial charge in [0.2, 0.25) is 0 Å². The van der Waals surface area contributed by atoms with Crippen molar-refractivity contribution in [1.29, 1.82) is 0 Å². The molecule has 1 amide bonds. The van der Waals surface area contributed by atoms with Crippen molar-refractivity contribution in [1.82, 2.24) is 4.98 Å². The van der Waals surface area contributed by atoms with Crippen LogP contribution in [-0.2, 0) is 4.79 Å². The third-order valence-corrected chi connectivity index (χ3v) is 1.97. The van der Waals surface area contributed by atoms with Gasteiger partial charge in [0.15, 0.2) is 0 Å². The highest BCUT2D eigenvalue weighted by Crippen LogP contribution is 2.24. The molecule has 4 nitrogen and oxygen atoms in total. The fraction of sp³-hybridized carbons (Fsp3) is 0.333. The Labute approximate surface area is 93.8 Å². The molecule has 8 heteroatoms.